The predicted octanol–water partition coefficient (Wildman–Crippen LogP) is 1.39. The van der Waals surface area contributed by atoms with Gasteiger partial charge in [-0.3, -0.25) is 14.4 Å². The van der Waals surface area contributed by atoms with Crippen LogP contribution < -0.4 is 16.6 Å². The van der Waals surface area contributed by atoms with Gasteiger partial charge in [-0.15, -0.1) is 12.4 Å². The highest BCUT2D eigenvalue weighted by molar-refractivity contribution is 5.94. The molecular weight excluding hydrogens is 380 g/mol. The van der Waals surface area contributed by atoms with E-state index in [4.69, 9.17) is 5.73 Å². The standard InChI is InChI=1S/C20H24N4O3.ClH/c21-10-11-22-18(25)15-7-4-12-24(13-15)20(27)16-8-9-17(23-19(16)26)14-5-2-1-3-6-14;/h1-3,5-6,8-9,15H,4,7,10-13,21H2,(H,22,25)(H,23,26);1H. The lowest BCUT2D eigenvalue weighted by atomic mass is 9.96. The molecule has 1 aliphatic heterocycles. The number of hydrogen-bond donors (Lipinski definition) is 3. The number of piperidine rings is 1. The number of rotatable bonds is 5. The quantitative estimate of drug-likeness (QED) is 0.699. The molecule has 0 spiro atoms. The summed E-state index contributed by atoms with van der Waals surface area (Å²) in [7, 11) is 0. The lowest BCUT2D eigenvalue weighted by molar-refractivity contribution is -0.126. The summed E-state index contributed by atoms with van der Waals surface area (Å²) >= 11 is 0. The molecule has 4 N–H and O–H groups in total. The molecule has 1 fully saturated rings. The number of pyridine rings is 1. The number of likely N-dealkylation sites (tertiary alicyclic amines) is 1. The smallest absolute Gasteiger partial charge is 0.261 e. The molecule has 7 nitrogen and oxygen atoms in total. The maximum Gasteiger partial charge on any atom is 0.261 e. The van der Waals surface area contributed by atoms with Gasteiger partial charge in [-0.25, -0.2) is 0 Å². The van der Waals surface area contributed by atoms with E-state index in [9.17, 15) is 14.4 Å². The van der Waals surface area contributed by atoms with Crippen molar-refractivity contribution in [3.05, 3.63) is 58.4 Å². The highest BCUT2D eigenvalue weighted by Gasteiger charge is 2.29. The van der Waals surface area contributed by atoms with Gasteiger partial charge in [0.05, 0.1) is 5.92 Å². The van der Waals surface area contributed by atoms with Crippen molar-refractivity contribution in [3.8, 4) is 11.3 Å². The summed E-state index contributed by atoms with van der Waals surface area (Å²) in [5.74, 6) is -0.699. The van der Waals surface area contributed by atoms with E-state index in [0.29, 0.717) is 31.9 Å². The highest BCUT2D eigenvalue weighted by Crippen LogP contribution is 2.19. The van der Waals surface area contributed by atoms with E-state index in [-0.39, 0.29) is 35.7 Å². The molecule has 1 aliphatic rings. The van der Waals surface area contributed by atoms with E-state index >= 15 is 0 Å². The molecule has 0 bridgehead atoms. The fraction of sp³-hybridized carbons (Fsp3) is 0.350. The van der Waals surface area contributed by atoms with E-state index in [2.05, 4.69) is 10.3 Å². The Morgan fingerprint density at radius 2 is 1.93 bits per heavy atom. The number of H-pyrrole nitrogens is 1. The Bertz CT molecular complexity index is 869. The number of aromatic nitrogens is 1. The van der Waals surface area contributed by atoms with Gasteiger partial charge in [0, 0.05) is 31.9 Å². The number of nitrogens with zero attached hydrogens (tertiary/aromatic N) is 1. The maximum absolute atomic E-state index is 12.8. The Kier molecular flexibility index (Phi) is 7.78. The largest absolute Gasteiger partial charge is 0.355 e. The van der Waals surface area contributed by atoms with Crippen LogP contribution in [0.4, 0.5) is 0 Å². The summed E-state index contributed by atoms with van der Waals surface area (Å²) in [6.45, 7) is 1.66. The maximum atomic E-state index is 12.8. The second-order valence-electron chi connectivity index (χ2n) is 6.65. The number of hydrogen-bond acceptors (Lipinski definition) is 4. The van der Waals surface area contributed by atoms with Gasteiger partial charge in [0.15, 0.2) is 0 Å². The zero-order valence-corrected chi connectivity index (χ0v) is 16.3. The third-order valence-electron chi connectivity index (χ3n) is 4.75. The summed E-state index contributed by atoms with van der Waals surface area (Å²) in [5, 5.41) is 2.77. The van der Waals surface area contributed by atoms with Gasteiger partial charge < -0.3 is 20.9 Å². The number of halogens is 1. The second-order valence-corrected chi connectivity index (χ2v) is 6.65. The number of amides is 2. The number of carbonyl (C=O) groups is 2. The molecule has 2 aromatic rings. The van der Waals surface area contributed by atoms with Crippen LogP contribution in [0.3, 0.4) is 0 Å². The molecule has 1 saturated heterocycles. The SMILES string of the molecule is Cl.NCCNC(=O)C1CCCN(C(=O)c2ccc(-c3ccccc3)[nH]c2=O)C1. The summed E-state index contributed by atoms with van der Waals surface area (Å²) in [5.41, 5.74) is 6.63. The van der Waals surface area contributed by atoms with Crippen LogP contribution in [0.5, 0.6) is 0 Å². The van der Waals surface area contributed by atoms with Crippen LogP contribution >= 0.6 is 12.4 Å². The monoisotopic (exact) mass is 404 g/mol. The van der Waals surface area contributed by atoms with Crippen molar-refractivity contribution in [1.82, 2.24) is 15.2 Å². The average Bonchev–Trinajstić information content (AvgIpc) is 2.72. The van der Waals surface area contributed by atoms with Crippen LogP contribution in [-0.4, -0.2) is 47.9 Å². The minimum absolute atomic E-state index is 0. The third-order valence-corrected chi connectivity index (χ3v) is 4.75. The first kappa shape index (κ1) is 21.7. The first-order chi connectivity index (χ1) is 13.1. The van der Waals surface area contributed by atoms with E-state index in [1.165, 1.54) is 0 Å². The fourth-order valence-corrected chi connectivity index (χ4v) is 3.31. The first-order valence-electron chi connectivity index (χ1n) is 9.16. The molecule has 0 aliphatic carbocycles. The van der Waals surface area contributed by atoms with Crippen LogP contribution in [0, 0.1) is 5.92 Å². The fourth-order valence-electron chi connectivity index (χ4n) is 3.31. The molecule has 2 heterocycles. The van der Waals surface area contributed by atoms with Gasteiger partial charge in [-0.2, -0.15) is 0 Å². The molecule has 1 aromatic heterocycles. The number of benzene rings is 1. The molecule has 1 aromatic carbocycles. The number of aromatic amines is 1. The molecule has 0 radical (unpaired) electrons. The molecule has 1 unspecified atom stereocenters. The molecule has 0 saturated carbocycles. The molecule has 8 heteroatoms. The average molecular weight is 405 g/mol. The number of carbonyl (C=O) groups excluding carboxylic acids is 2. The van der Waals surface area contributed by atoms with Crippen LogP contribution in [0.25, 0.3) is 11.3 Å². The zero-order valence-electron chi connectivity index (χ0n) is 15.5. The molecular formula is C20H25ClN4O3. The molecule has 2 amide bonds. The topological polar surface area (TPSA) is 108 Å². The van der Waals surface area contributed by atoms with Crippen molar-refractivity contribution in [1.29, 1.82) is 0 Å². The van der Waals surface area contributed by atoms with Crippen LogP contribution in [0.15, 0.2) is 47.3 Å². The molecule has 1 atom stereocenters. The predicted molar refractivity (Wildman–Crippen MR) is 110 cm³/mol. The first-order valence-corrected chi connectivity index (χ1v) is 9.16. The molecule has 150 valence electrons. The Morgan fingerprint density at radius 1 is 1.18 bits per heavy atom. The summed E-state index contributed by atoms with van der Waals surface area (Å²) in [4.78, 5) is 41.8. The van der Waals surface area contributed by atoms with E-state index < -0.39 is 5.56 Å². The van der Waals surface area contributed by atoms with Crippen molar-refractivity contribution in [2.24, 2.45) is 11.7 Å². The Hall–Kier alpha value is -2.64. The van der Waals surface area contributed by atoms with Gasteiger partial charge in [0.2, 0.25) is 5.91 Å². The Balaban J connectivity index is 0.00000280. The summed E-state index contributed by atoms with van der Waals surface area (Å²) in [6, 6.07) is 12.7. The van der Waals surface area contributed by atoms with E-state index in [1.54, 1.807) is 17.0 Å². The normalized spacial score (nSPS) is 16.2. The Morgan fingerprint density at radius 3 is 2.61 bits per heavy atom. The van der Waals surface area contributed by atoms with Crippen LogP contribution in [-0.2, 0) is 4.79 Å². The minimum Gasteiger partial charge on any atom is -0.355 e. The van der Waals surface area contributed by atoms with Crippen LogP contribution in [0.1, 0.15) is 23.2 Å². The van der Waals surface area contributed by atoms with Crippen molar-refractivity contribution in [2.75, 3.05) is 26.2 Å². The molecule has 3 rings (SSSR count). The molecule has 28 heavy (non-hydrogen) atoms. The van der Waals surface area contributed by atoms with Gasteiger partial charge in [-0.05, 0) is 30.5 Å². The van der Waals surface area contributed by atoms with Gasteiger partial charge >= 0.3 is 0 Å². The third kappa shape index (κ3) is 4.99. The van der Waals surface area contributed by atoms with Gasteiger partial charge in [0.25, 0.3) is 11.5 Å². The van der Waals surface area contributed by atoms with Crippen molar-refractivity contribution < 1.29 is 9.59 Å². The lowest BCUT2D eigenvalue weighted by Crippen LogP contribution is -2.47. The van der Waals surface area contributed by atoms with Crippen molar-refractivity contribution in [2.45, 2.75) is 12.8 Å². The highest BCUT2D eigenvalue weighted by atomic mass is 35.5. The van der Waals surface area contributed by atoms with Crippen LogP contribution in [0.2, 0.25) is 0 Å². The van der Waals surface area contributed by atoms with Crippen molar-refractivity contribution >= 4 is 24.2 Å². The number of nitrogens with two attached hydrogens (primary N) is 1. The summed E-state index contributed by atoms with van der Waals surface area (Å²) in [6.07, 6.45) is 1.45. The van der Waals surface area contributed by atoms with E-state index in [1.807, 2.05) is 30.3 Å². The van der Waals surface area contributed by atoms with Crippen molar-refractivity contribution in [3.63, 3.8) is 0 Å². The van der Waals surface area contributed by atoms with Gasteiger partial charge in [-0.1, -0.05) is 30.3 Å². The lowest BCUT2D eigenvalue weighted by Gasteiger charge is -2.32. The van der Waals surface area contributed by atoms with Gasteiger partial charge in [0.1, 0.15) is 5.56 Å². The summed E-state index contributed by atoms with van der Waals surface area (Å²) < 4.78 is 0. The minimum atomic E-state index is -0.420. The number of nitrogens with one attached hydrogen (secondary N) is 2. The van der Waals surface area contributed by atoms with E-state index in [0.717, 1.165) is 18.4 Å². The Labute approximate surface area is 169 Å². The second kappa shape index (κ2) is 10.1. The zero-order chi connectivity index (χ0) is 19.2.